The highest BCUT2D eigenvalue weighted by Gasteiger charge is 2.05. The predicted octanol–water partition coefficient (Wildman–Crippen LogP) is 2.20. The Morgan fingerprint density at radius 2 is 1.95 bits per heavy atom. The quantitative estimate of drug-likeness (QED) is 0.842. The van der Waals surface area contributed by atoms with E-state index in [1.165, 1.54) is 5.39 Å². The number of amides is 1. The summed E-state index contributed by atoms with van der Waals surface area (Å²) in [4.78, 5) is 13.8. The summed E-state index contributed by atoms with van der Waals surface area (Å²) in [6.07, 6.45) is 2.09. The van der Waals surface area contributed by atoms with Crippen LogP contribution in [0.4, 0.5) is 5.69 Å². The number of fused-ring (bicyclic) bond motifs is 1. The molecule has 2 rings (SSSR count). The molecule has 5 nitrogen and oxygen atoms in total. The van der Waals surface area contributed by atoms with Gasteiger partial charge in [0.25, 0.3) is 0 Å². The number of halogens is 2. The van der Waals surface area contributed by atoms with Crippen molar-refractivity contribution in [1.82, 2.24) is 14.8 Å². The second-order valence-electron chi connectivity index (χ2n) is 5.16. The number of aromatic nitrogens is 1. The van der Waals surface area contributed by atoms with Crippen LogP contribution in [0.25, 0.3) is 10.9 Å². The molecule has 0 unspecified atom stereocenters. The summed E-state index contributed by atoms with van der Waals surface area (Å²) in [5, 5.41) is 6.92. The molecular formula is C15H24Cl2N4O. The van der Waals surface area contributed by atoms with Gasteiger partial charge in [0.15, 0.2) is 0 Å². The Kier molecular flexibility index (Phi) is 9.13. The molecule has 1 amide bonds. The van der Waals surface area contributed by atoms with E-state index in [-0.39, 0.29) is 30.7 Å². The van der Waals surface area contributed by atoms with E-state index < -0.39 is 0 Å². The Hall–Kier alpha value is -1.27. The van der Waals surface area contributed by atoms with Crippen molar-refractivity contribution in [2.24, 2.45) is 0 Å². The van der Waals surface area contributed by atoms with E-state index in [0.29, 0.717) is 6.54 Å². The Bertz CT molecular complexity index is 598. The van der Waals surface area contributed by atoms with Crippen LogP contribution in [0.15, 0.2) is 30.5 Å². The van der Waals surface area contributed by atoms with Crippen molar-refractivity contribution in [3.8, 4) is 0 Å². The molecule has 7 heteroatoms. The van der Waals surface area contributed by atoms with E-state index >= 15 is 0 Å². The number of nitrogens with one attached hydrogen (secondary N) is 2. The summed E-state index contributed by atoms with van der Waals surface area (Å²) in [6, 6.07) is 8.10. The number of likely N-dealkylation sites (N-methyl/N-ethyl adjacent to an activating group) is 2. The molecule has 1 aromatic heterocycles. The van der Waals surface area contributed by atoms with E-state index in [1.54, 1.807) is 7.05 Å². The minimum Gasteiger partial charge on any atom is -0.346 e. The van der Waals surface area contributed by atoms with Crippen molar-refractivity contribution in [2.75, 3.05) is 39.5 Å². The van der Waals surface area contributed by atoms with Crippen molar-refractivity contribution in [3.05, 3.63) is 30.5 Å². The predicted molar refractivity (Wildman–Crippen MR) is 97.5 cm³/mol. The summed E-state index contributed by atoms with van der Waals surface area (Å²) in [6.45, 7) is 2.24. The summed E-state index contributed by atoms with van der Waals surface area (Å²) < 4.78 is 2.21. The van der Waals surface area contributed by atoms with Gasteiger partial charge in [-0.1, -0.05) is 6.07 Å². The maximum atomic E-state index is 11.6. The molecule has 0 aliphatic rings. The molecule has 2 N–H and O–H groups in total. The highest BCUT2D eigenvalue weighted by atomic mass is 35.5. The van der Waals surface area contributed by atoms with Crippen molar-refractivity contribution in [2.45, 2.75) is 6.54 Å². The van der Waals surface area contributed by atoms with E-state index in [4.69, 9.17) is 0 Å². The zero-order chi connectivity index (χ0) is 14.5. The molecular weight excluding hydrogens is 323 g/mol. The van der Waals surface area contributed by atoms with E-state index in [0.717, 1.165) is 24.3 Å². The van der Waals surface area contributed by atoms with Crippen LogP contribution in [-0.4, -0.2) is 49.6 Å². The fourth-order valence-corrected chi connectivity index (χ4v) is 2.13. The molecule has 0 saturated carbocycles. The first kappa shape index (κ1) is 20.7. The normalized spacial score (nSPS) is 10.2. The Labute approximate surface area is 143 Å². The molecule has 0 fully saturated rings. The zero-order valence-electron chi connectivity index (χ0n) is 13.1. The second-order valence-corrected chi connectivity index (χ2v) is 5.16. The summed E-state index contributed by atoms with van der Waals surface area (Å²) >= 11 is 0. The van der Waals surface area contributed by atoms with Gasteiger partial charge in [0.2, 0.25) is 5.91 Å². The van der Waals surface area contributed by atoms with Gasteiger partial charge < -0.3 is 20.1 Å². The standard InChI is InChI=1S/C15H22N4O.2ClH/c1-16-11-15(20)17-13-5-4-12-6-7-19(14(12)10-13)9-8-18(2)3;;/h4-7,10,16H,8-9,11H2,1-3H3,(H,17,20);2*1H. The van der Waals surface area contributed by atoms with Crippen LogP contribution < -0.4 is 10.6 Å². The van der Waals surface area contributed by atoms with Gasteiger partial charge in [-0.2, -0.15) is 0 Å². The molecule has 0 saturated heterocycles. The van der Waals surface area contributed by atoms with Crippen molar-refractivity contribution < 1.29 is 4.79 Å². The number of rotatable bonds is 6. The molecule has 0 aliphatic carbocycles. The average molecular weight is 347 g/mol. The number of carbonyl (C=O) groups excluding carboxylic acids is 1. The van der Waals surface area contributed by atoms with Gasteiger partial charge in [0, 0.05) is 25.0 Å². The third-order valence-electron chi connectivity index (χ3n) is 3.18. The zero-order valence-corrected chi connectivity index (χ0v) is 14.8. The van der Waals surface area contributed by atoms with Crippen LogP contribution in [0.3, 0.4) is 0 Å². The van der Waals surface area contributed by atoms with E-state index in [9.17, 15) is 4.79 Å². The molecule has 0 atom stereocenters. The number of hydrogen-bond donors (Lipinski definition) is 2. The van der Waals surface area contributed by atoms with Gasteiger partial charge >= 0.3 is 0 Å². The minimum absolute atomic E-state index is 0. The highest BCUT2D eigenvalue weighted by Crippen LogP contribution is 2.20. The number of anilines is 1. The SMILES string of the molecule is CNCC(=O)Nc1ccc2ccn(CCN(C)C)c2c1.Cl.Cl. The maximum Gasteiger partial charge on any atom is 0.238 e. The van der Waals surface area contributed by atoms with Gasteiger partial charge in [-0.05, 0) is 44.7 Å². The van der Waals surface area contributed by atoms with Crippen LogP contribution in [0, 0.1) is 0 Å². The summed E-state index contributed by atoms with van der Waals surface area (Å²) in [5.41, 5.74) is 1.98. The van der Waals surface area contributed by atoms with Crippen LogP contribution in [0.2, 0.25) is 0 Å². The Balaban J connectivity index is 0.00000220. The fraction of sp³-hybridized carbons (Fsp3) is 0.400. The smallest absolute Gasteiger partial charge is 0.238 e. The molecule has 124 valence electrons. The van der Waals surface area contributed by atoms with Crippen molar-refractivity contribution in [3.63, 3.8) is 0 Å². The number of benzene rings is 1. The fourth-order valence-electron chi connectivity index (χ4n) is 2.13. The van der Waals surface area contributed by atoms with Crippen molar-refractivity contribution >= 4 is 47.3 Å². The van der Waals surface area contributed by atoms with Crippen LogP contribution in [0.1, 0.15) is 0 Å². The second kappa shape index (κ2) is 9.69. The molecule has 0 spiro atoms. The molecule has 0 aliphatic heterocycles. The third kappa shape index (κ3) is 5.50. The van der Waals surface area contributed by atoms with Gasteiger partial charge in [-0.3, -0.25) is 4.79 Å². The van der Waals surface area contributed by atoms with Gasteiger partial charge in [0.05, 0.1) is 12.1 Å². The Morgan fingerprint density at radius 3 is 2.59 bits per heavy atom. The van der Waals surface area contributed by atoms with Gasteiger partial charge in [-0.15, -0.1) is 24.8 Å². The first-order valence-electron chi connectivity index (χ1n) is 6.78. The lowest BCUT2D eigenvalue weighted by atomic mass is 10.2. The Morgan fingerprint density at radius 1 is 1.23 bits per heavy atom. The minimum atomic E-state index is -0.0294. The lowest BCUT2D eigenvalue weighted by Crippen LogP contribution is -2.25. The van der Waals surface area contributed by atoms with Gasteiger partial charge in [-0.25, -0.2) is 0 Å². The lowest BCUT2D eigenvalue weighted by molar-refractivity contribution is -0.115. The number of nitrogens with zero attached hydrogens (tertiary/aromatic N) is 2. The largest absolute Gasteiger partial charge is 0.346 e. The third-order valence-corrected chi connectivity index (χ3v) is 3.18. The highest BCUT2D eigenvalue weighted by molar-refractivity contribution is 5.94. The number of hydrogen-bond acceptors (Lipinski definition) is 3. The van der Waals surface area contributed by atoms with Crippen LogP contribution in [-0.2, 0) is 11.3 Å². The molecule has 0 bridgehead atoms. The molecule has 2 aromatic rings. The molecule has 1 heterocycles. The van der Waals surface area contributed by atoms with E-state index in [1.807, 2.05) is 18.2 Å². The van der Waals surface area contributed by atoms with E-state index in [2.05, 4.69) is 46.5 Å². The van der Waals surface area contributed by atoms with Crippen LogP contribution >= 0.6 is 24.8 Å². The van der Waals surface area contributed by atoms with Crippen molar-refractivity contribution in [1.29, 1.82) is 0 Å². The summed E-state index contributed by atoms with van der Waals surface area (Å²) in [7, 11) is 5.89. The van der Waals surface area contributed by atoms with Crippen LogP contribution in [0.5, 0.6) is 0 Å². The summed E-state index contributed by atoms with van der Waals surface area (Å²) in [5.74, 6) is -0.0294. The molecule has 1 aromatic carbocycles. The lowest BCUT2D eigenvalue weighted by Gasteiger charge is -2.12. The maximum absolute atomic E-state index is 11.6. The molecule has 22 heavy (non-hydrogen) atoms. The molecule has 0 radical (unpaired) electrons. The monoisotopic (exact) mass is 346 g/mol. The van der Waals surface area contributed by atoms with Gasteiger partial charge in [0.1, 0.15) is 0 Å². The first-order chi connectivity index (χ1) is 9.60. The number of carbonyl (C=O) groups is 1. The topological polar surface area (TPSA) is 49.3 Å². The average Bonchev–Trinajstić information content (AvgIpc) is 2.79. The first-order valence-corrected chi connectivity index (χ1v) is 6.78.